The fourth-order valence-corrected chi connectivity index (χ4v) is 9.23. The molecule has 1 aliphatic heterocycles. The maximum atomic E-state index is 16.0. The van der Waals surface area contributed by atoms with E-state index in [-0.39, 0.29) is 25.4 Å². The third-order valence-electron chi connectivity index (χ3n) is 9.87. The molecule has 0 N–H and O–H groups in total. The van der Waals surface area contributed by atoms with Gasteiger partial charge >= 0.3 is 0 Å². The first-order chi connectivity index (χ1) is 24.6. The Labute approximate surface area is 299 Å². The molecular formula is C36H40F6N4O4SSi. The highest BCUT2D eigenvalue weighted by Crippen LogP contribution is 2.37. The van der Waals surface area contributed by atoms with Crippen LogP contribution in [0.25, 0.3) is 10.9 Å². The molecule has 1 aromatic heterocycles. The van der Waals surface area contributed by atoms with Crippen LogP contribution in [0.3, 0.4) is 0 Å². The maximum absolute atomic E-state index is 16.0. The van der Waals surface area contributed by atoms with E-state index in [2.05, 4.69) is 24.7 Å². The minimum Gasteiger partial charge on any atom is -0.360 e. The molecular weight excluding hydrogens is 727 g/mol. The van der Waals surface area contributed by atoms with Gasteiger partial charge in [0.25, 0.3) is 0 Å². The molecule has 3 aromatic carbocycles. The van der Waals surface area contributed by atoms with Crippen molar-refractivity contribution in [2.45, 2.75) is 94.3 Å². The van der Waals surface area contributed by atoms with Crippen LogP contribution in [-0.2, 0) is 32.8 Å². The number of rotatable bonds is 12. The van der Waals surface area contributed by atoms with Gasteiger partial charge in [0.15, 0.2) is 28.2 Å². The molecule has 2 aliphatic rings. The summed E-state index contributed by atoms with van der Waals surface area (Å²) in [7, 11) is -6.81. The Hall–Kier alpha value is -3.73. The van der Waals surface area contributed by atoms with Crippen LogP contribution in [0.15, 0.2) is 47.5 Å². The molecule has 16 heteroatoms. The molecule has 280 valence electrons. The number of sulfonamides is 1. The Morgan fingerprint density at radius 1 is 0.904 bits per heavy atom. The van der Waals surface area contributed by atoms with E-state index in [1.54, 1.807) is 12.1 Å². The Bertz CT molecular complexity index is 2060. The van der Waals surface area contributed by atoms with Crippen LogP contribution >= 0.6 is 0 Å². The normalized spacial score (nSPS) is 17.4. The summed E-state index contributed by atoms with van der Waals surface area (Å²) in [6.07, 6.45) is 6.84. The Balaban J connectivity index is 1.35. The number of carbonyl (C=O) groups excluding carboxylic acids is 1. The van der Waals surface area contributed by atoms with E-state index < -0.39 is 76.4 Å². The van der Waals surface area contributed by atoms with Gasteiger partial charge in [-0.1, -0.05) is 63.2 Å². The first-order valence-electron chi connectivity index (χ1n) is 17.2. The number of benzene rings is 3. The number of amides is 1. The van der Waals surface area contributed by atoms with Gasteiger partial charge in [0.05, 0.1) is 23.9 Å². The van der Waals surface area contributed by atoms with E-state index in [1.807, 2.05) is 12.1 Å². The lowest BCUT2D eigenvalue weighted by Gasteiger charge is -2.41. The number of hydrogen-bond donors (Lipinski definition) is 0. The van der Waals surface area contributed by atoms with Gasteiger partial charge in [0.2, 0.25) is 21.7 Å². The molecule has 1 amide bonds. The number of hydrogen-bond acceptors (Lipinski definition) is 5. The van der Waals surface area contributed by atoms with Gasteiger partial charge in [-0.05, 0) is 54.5 Å². The van der Waals surface area contributed by atoms with Crippen molar-refractivity contribution in [2.75, 3.05) is 18.1 Å². The SMILES string of the molecule is C[Si](C)(C)CCOCn1ncc2cc(F)c(N(Cc3ccc(C4CCCCC4)cc3)C(=O)[C@H]3CCN3S(=O)(=O)c3c(F)c(F)c(F)c(F)c3F)cc21. The summed E-state index contributed by atoms with van der Waals surface area (Å²) in [5.74, 6) is -13.9. The highest BCUT2D eigenvalue weighted by atomic mass is 32.2. The Morgan fingerprint density at radius 2 is 1.54 bits per heavy atom. The molecule has 1 saturated heterocycles. The molecule has 2 fully saturated rings. The minimum atomic E-state index is -5.42. The molecule has 1 saturated carbocycles. The van der Waals surface area contributed by atoms with Crippen LogP contribution in [0.1, 0.15) is 55.6 Å². The number of fused-ring (bicyclic) bond motifs is 1. The Morgan fingerprint density at radius 3 is 2.13 bits per heavy atom. The highest BCUT2D eigenvalue weighted by molar-refractivity contribution is 7.89. The van der Waals surface area contributed by atoms with Crippen molar-refractivity contribution in [3.63, 3.8) is 0 Å². The van der Waals surface area contributed by atoms with Gasteiger partial charge in [0, 0.05) is 26.6 Å². The average Bonchev–Trinajstić information content (AvgIpc) is 3.47. The van der Waals surface area contributed by atoms with Crippen molar-refractivity contribution in [1.29, 1.82) is 0 Å². The second kappa shape index (κ2) is 15.0. The number of anilines is 1. The number of carbonyl (C=O) groups is 1. The summed E-state index contributed by atoms with van der Waals surface area (Å²) in [5, 5.41) is 4.73. The van der Waals surface area contributed by atoms with Gasteiger partial charge in [-0.3, -0.25) is 4.79 Å². The van der Waals surface area contributed by atoms with Gasteiger partial charge in [-0.2, -0.15) is 9.40 Å². The molecule has 4 aromatic rings. The third-order valence-corrected chi connectivity index (χ3v) is 13.5. The van der Waals surface area contributed by atoms with Crippen LogP contribution < -0.4 is 4.90 Å². The molecule has 0 spiro atoms. The smallest absolute Gasteiger partial charge is 0.249 e. The van der Waals surface area contributed by atoms with Crippen molar-refractivity contribution in [3.05, 3.63) is 88.6 Å². The van der Waals surface area contributed by atoms with Gasteiger partial charge in [-0.15, -0.1) is 0 Å². The zero-order chi connectivity index (χ0) is 37.5. The second-order valence-electron chi connectivity index (χ2n) is 14.7. The largest absolute Gasteiger partial charge is 0.360 e. The van der Waals surface area contributed by atoms with Crippen LogP contribution in [0, 0.1) is 34.9 Å². The average molecular weight is 767 g/mol. The first kappa shape index (κ1) is 38.0. The van der Waals surface area contributed by atoms with Gasteiger partial charge in [-0.25, -0.2) is 39.4 Å². The quantitative estimate of drug-likeness (QED) is 0.0477. The van der Waals surface area contributed by atoms with E-state index in [1.165, 1.54) is 29.4 Å². The first-order valence-corrected chi connectivity index (χ1v) is 22.4. The van der Waals surface area contributed by atoms with Crippen LogP contribution in [0.5, 0.6) is 0 Å². The van der Waals surface area contributed by atoms with Gasteiger partial charge in [0.1, 0.15) is 18.6 Å². The predicted octanol–water partition coefficient (Wildman–Crippen LogP) is 8.23. The summed E-state index contributed by atoms with van der Waals surface area (Å²) < 4.78 is 122. The van der Waals surface area contributed by atoms with Crippen LogP contribution in [0.4, 0.5) is 32.0 Å². The van der Waals surface area contributed by atoms with E-state index in [4.69, 9.17) is 4.74 Å². The zero-order valence-electron chi connectivity index (χ0n) is 29.1. The van der Waals surface area contributed by atoms with Crippen LogP contribution in [0.2, 0.25) is 25.7 Å². The van der Waals surface area contributed by atoms with E-state index in [0.717, 1.165) is 42.2 Å². The molecule has 8 nitrogen and oxygen atoms in total. The number of aromatic nitrogens is 2. The monoisotopic (exact) mass is 766 g/mol. The molecule has 0 unspecified atom stereocenters. The molecule has 0 radical (unpaired) electrons. The zero-order valence-corrected chi connectivity index (χ0v) is 30.9. The van der Waals surface area contributed by atoms with E-state index in [0.29, 0.717) is 33.3 Å². The van der Waals surface area contributed by atoms with Gasteiger partial charge < -0.3 is 9.64 Å². The molecule has 6 rings (SSSR count). The fourth-order valence-electron chi connectivity index (χ4n) is 6.73. The molecule has 2 heterocycles. The number of ether oxygens (including phenoxy) is 1. The molecule has 1 atom stereocenters. The Kier molecular flexibility index (Phi) is 10.9. The van der Waals surface area contributed by atoms with E-state index in [9.17, 15) is 35.2 Å². The number of nitrogens with zero attached hydrogens (tertiary/aromatic N) is 4. The molecule has 1 aliphatic carbocycles. The highest BCUT2D eigenvalue weighted by Gasteiger charge is 2.48. The topological polar surface area (TPSA) is 84.7 Å². The van der Waals surface area contributed by atoms with Crippen molar-refractivity contribution >= 4 is 40.6 Å². The minimum absolute atomic E-state index is 0.0478. The van der Waals surface area contributed by atoms with Crippen molar-refractivity contribution in [2.24, 2.45) is 0 Å². The second-order valence-corrected chi connectivity index (χ2v) is 22.1. The lowest BCUT2D eigenvalue weighted by Crippen LogP contribution is -2.59. The molecule has 0 bridgehead atoms. The standard InChI is InChI=1S/C36H40F6N4O4SSi/c1-52(2,3)16-15-50-21-45-28-18-29(26(37)17-25(28)19-43-45)44(20-22-9-11-24(12-10-22)23-7-5-4-6-8-23)36(47)27-13-14-46(27)51(48,49)35-33(41)31(39)30(38)32(40)34(35)42/h9-12,17-19,23,27H,4-8,13-16,20-21H2,1-3H3/t27-/m1/s1. The summed E-state index contributed by atoms with van der Waals surface area (Å²) in [5.41, 5.74) is 1.92. The lowest BCUT2D eigenvalue weighted by atomic mass is 9.84. The maximum Gasteiger partial charge on any atom is 0.249 e. The molecule has 52 heavy (non-hydrogen) atoms. The van der Waals surface area contributed by atoms with E-state index >= 15 is 4.39 Å². The lowest BCUT2D eigenvalue weighted by molar-refractivity contribution is -0.125. The van der Waals surface area contributed by atoms with Crippen molar-refractivity contribution < 1.29 is 44.3 Å². The third kappa shape index (κ3) is 7.52. The summed E-state index contributed by atoms with van der Waals surface area (Å²) >= 11 is 0. The number of halogens is 6. The summed E-state index contributed by atoms with van der Waals surface area (Å²) in [6, 6.07) is 9.37. The van der Waals surface area contributed by atoms with Crippen LogP contribution in [-0.4, -0.2) is 55.7 Å². The summed E-state index contributed by atoms with van der Waals surface area (Å²) in [4.78, 5) is 13.3. The fraction of sp³-hybridized carbons (Fsp3) is 0.444. The van der Waals surface area contributed by atoms with Crippen molar-refractivity contribution in [3.8, 4) is 0 Å². The van der Waals surface area contributed by atoms with Crippen molar-refractivity contribution in [1.82, 2.24) is 14.1 Å². The predicted molar refractivity (Wildman–Crippen MR) is 186 cm³/mol. The summed E-state index contributed by atoms with van der Waals surface area (Å²) in [6.45, 7) is 6.49.